The standard InChI is InChI=1S/C18H40N.CH4O3S/c1-5-9-10-11-12-13-14-15-16-17-18-19(6-2,7-3)8-4;1-5(2,3)4/h5-18H2,1-4H3;1H3,(H,2,3,4)/q+1;. The molecular weight excluding hydrogens is 322 g/mol. The van der Waals surface area contributed by atoms with Crippen molar-refractivity contribution < 1.29 is 17.5 Å². The summed E-state index contributed by atoms with van der Waals surface area (Å²) in [6, 6.07) is 0. The second-order valence-electron chi connectivity index (χ2n) is 6.93. The third-order valence-corrected chi connectivity index (χ3v) is 5.00. The van der Waals surface area contributed by atoms with Gasteiger partial charge in [-0.2, -0.15) is 8.42 Å². The number of hydrogen-bond acceptors (Lipinski definition) is 2. The van der Waals surface area contributed by atoms with E-state index in [0.717, 1.165) is 0 Å². The molecule has 0 aliphatic carbocycles. The van der Waals surface area contributed by atoms with Gasteiger partial charge in [0, 0.05) is 0 Å². The van der Waals surface area contributed by atoms with E-state index in [0.29, 0.717) is 6.26 Å². The number of quaternary nitrogens is 1. The SMILES string of the molecule is CCCCCCCCCCCC[N+](CC)(CC)CC.CS(=O)(=O)O. The van der Waals surface area contributed by atoms with Crippen LogP contribution in [-0.2, 0) is 10.1 Å². The average molecular weight is 367 g/mol. The van der Waals surface area contributed by atoms with E-state index >= 15 is 0 Å². The van der Waals surface area contributed by atoms with E-state index in [1.54, 1.807) is 0 Å². The predicted octanol–water partition coefficient (Wildman–Crippen LogP) is 5.29. The van der Waals surface area contributed by atoms with Crippen LogP contribution >= 0.6 is 0 Å². The van der Waals surface area contributed by atoms with Crippen molar-refractivity contribution in [3.63, 3.8) is 0 Å². The second kappa shape index (κ2) is 16.3. The van der Waals surface area contributed by atoms with Crippen molar-refractivity contribution in [3.05, 3.63) is 0 Å². The van der Waals surface area contributed by atoms with Gasteiger partial charge in [-0.25, -0.2) is 0 Å². The zero-order chi connectivity index (χ0) is 18.9. The van der Waals surface area contributed by atoms with Gasteiger partial charge in [0.1, 0.15) is 0 Å². The van der Waals surface area contributed by atoms with Crippen LogP contribution < -0.4 is 0 Å². The van der Waals surface area contributed by atoms with Crippen LogP contribution in [0, 0.1) is 0 Å². The van der Waals surface area contributed by atoms with Gasteiger partial charge in [0.2, 0.25) is 0 Å². The Morgan fingerprint density at radius 3 is 1.25 bits per heavy atom. The second-order valence-corrected chi connectivity index (χ2v) is 8.39. The summed E-state index contributed by atoms with van der Waals surface area (Å²) in [5.41, 5.74) is 0. The Morgan fingerprint density at radius 2 is 0.958 bits per heavy atom. The van der Waals surface area contributed by atoms with Gasteiger partial charge >= 0.3 is 0 Å². The van der Waals surface area contributed by atoms with E-state index in [2.05, 4.69) is 27.7 Å². The van der Waals surface area contributed by atoms with E-state index in [1.165, 1.54) is 94.9 Å². The highest BCUT2D eigenvalue weighted by molar-refractivity contribution is 7.85. The molecule has 0 radical (unpaired) electrons. The lowest BCUT2D eigenvalue weighted by Gasteiger charge is -2.35. The fourth-order valence-electron chi connectivity index (χ4n) is 3.08. The van der Waals surface area contributed by atoms with Crippen molar-refractivity contribution in [2.24, 2.45) is 0 Å². The smallest absolute Gasteiger partial charge is 0.261 e. The van der Waals surface area contributed by atoms with E-state index in [1.807, 2.05) is 0 Å². The van der Waals surface area contributed by atoms with Crippen molar-refractivity contribution in [1.29, 1.82) is 0 Å². The molecule has 0 saturated heterocycles. The van der Waals surface area contributed by atoms with Crippen molar-refractivity contribution in [2.75, 3.05) is 32.4 Å². The Labute approximate surface area is 152 Å². The van der Waals surface area contributed by atoms with Gasteiger partial charge in [-0.05, 0) is 33.6 Å². The minimum absolute atomic E-state index is 0.715. The van der Waals surface area contributed by atoms with E-state index < -0.39 is 10.1 Å². The minimum Gasteiger partial charge on any atom is -0.324 e. The van der Waals surface area contributed by atoms with Gasteiger partial charge in [0.05, 0.1) is 32.4 Å². The van der Waals surface area contributed by atoms with Crippen molar-refractivity contribution in [1.82, 2.24) is 0 Å². The summed E-state index contributed by atoms with van der Waals surface area (Å²) < 4.78 is 27.2. The topological polar surface area (TPSA) is 54.4 Å². The van der Waals surface area contributed by atoms with Crippen LogP contribution in [0.3, 0.4) is 0 Å². The van der Waals surface area contributed by atoms with Crippen LogP contribution in [0.4, 0.5) is 0 Å². The highest BCUT2D eigenvalue weighted by Crippen LogP contribution is 2.13. The molecule has 0 heterocycles. The summed E-state index contributed by atoms with van der Waals surface area (Å²) in [5.74, 6) is 0. The molecule has 148 valence electrons. The molecule has 0 saturated carbocycles. The molecule has 1 N–H and O–H groups in total. The quantitative estimate of drug-likeness (QED) is 0.258. The summed E-state index contributed by atoms with van der Waals surface area (Å²) in [4.78, 5) is 0. The molecule has 0 aromatic rings. The Kier molecular flexibility index (Phi) is 17.8. The van der Waals surface area contributed by atoms with Crippen LogP contribution in [0.5, 0.6) is 0 Å². The molecule has 0 rings (SSSR count). The van der Waals surface area contributed by atoms with Crippen LogP contribution in [-0.4, -0.2) is 49.9 Å². The maximum absolute atomic E-state index is 9.19. The molecular formula is C19H44NO3S+. The Bertz CT molecular complexity index is 335. The molecule has 0 atom stereocenters. The van der Waals surface area contributed by atoms with Crippen LogP contribution in [0.15, 0.2) is 0 Å². The lowest BCUT2D eigenvalue weighted by Crippen LogP contribution is -2.48. The first-order valence-electron chi connectivity index (χ1n) is 10.0. The van der Waals surface area contributed by atoms with Crippen LogP contribution in [0.25, 0.3) is 0 Å². The zero-order valence-corrected chi connectivity index (χ0v) is 17.8. The average Bonchev–Trinajstić information content (AvgIpc) is 2.52. The van der Waals surface area contributed by atoms with Crippen molar-refractivity contribution in [2.45, 2.75) is 91.9 Å². The van der Waals surface area contributed by atoms with E-state index in [4.69, 9.17) is 4.55 Å². The highest BCUT2D eigenvalue weighted by Gasteiger charge is 2.19. The lowest BCUT2D eigenvalue weighted by molar-refractivity contribution is -0.923. The zero-order valence-electron chi connectivity index (χ0n) is 17.0. The first kappa shape index (κ1) is 26.1. The van der Waals surface area contributed by atoms with Crippen LogP contribution in [0.2, 0.25) is 0 Å². The maximum Gasteiger partial charge on any atom is 0.261 e. The Balaban J connectivity index is 0. The van der Waals surface area contributed by atoms with E-state index in [-0.39, 0.29) is 0 Å². The predicted molar refractivity (Wildman–Crippen MR) is 106 cm³/mol. The van der Waals surface area contributed by atoms with Gasteiger partial charge in [0.15, 0.2) is 0 Å². The molecule has 0 unspecified atom stereocenters. The van der Waals surface area contributed by atoms with Crippen molar-refractivity contribution >= 4 is 10.1 Å². The number of nitrogens with zero attached hydrogens (tertiary/aromatic N) is 1. The molecule has 0 amide bonds. The van der Waals surface area contributed by atoms with Crippen LogP contribution in [0.1, 0.15) is 91.9 Å². The largest absolute Gasteiger partial charge is 0.324 e. The number of hydrogen-bond donors (Lipinski definition) is 1. The van der Waals surface area contributed by atoms with Gasteiger partial charge in [-0.1, -0.05) is 58.3 Å². The molecule has 0 bridgehead atoms. The highest BCUT2D eigenvalue weighted by atomic mass is 32.2. The Morgan fingerprint density at radius 1 is 0.667 bits per heavy atom. The fourth-order valence-corrected chi connectivity index (χ4v) is 3.08. The molecule has 0 aliphatic heterocycles. The van der Waals surface area contributed by atoms with E-state index in [9.17, 15) is 8.42 Å². The molecule has 24 heavy (non-hydrogen) atoms. The molecule has 0 aromatic heterocycles. The first-order chi connectivity index (χ1) is 11.2. The molecule has 0 fully saturated rings. The molecule has 0 aliphatic rings. The lowest BCUT2D eigenvalue weighted by atomic mass is 10.1. The van der Waals surface area contributed by atoms with Crippen molar-refractivity contribution in [3.8, 4) is 0 Å². The molecule has 4 nitrogen and oxygen atoms in total. The summed E-state index contributed by atoms with van der Waals surface area (Å²) in [6.45, 7) is 14.7. The summed E-state index contributed by atoms with van der Waals surface area (Å²) in [5, 5.41) is 0. The normalized spacial score (nSPS) is 11.9. The summed E-state index contributed by atoms with van der Waals surface area (Å²) in [7, 11) is -3.67. The number of unbranched alkanes of at least 4 members (excludes halogenated alkanes) is 9. The molecule has 5 heteroatoms. The first-order valence-corrected chi connectivity index (χ1v) is 11.9. The van der Waals surface area contributed by atoms with Gasteiger partial charge in [0.25, 0.3) is 10.1 Å². The summed E-state index contributed by atoms with van der Waals surface area (Å²) in [6.07, 6.45) is 15.2. The minimum atomic E-state index is -3.67. The molecule has 0 aromatic carbocycles. The Hall–Kier alpha value is -0.130. The fraction of sp³-hybridized carbons (Fsp3) is 1.00. The number of rotatable bonds is 14. The third-order valence-electron chi connectivity index (χ3n) is 5.00. The summed E-state index contributed by atoms with van der Waals surface area (Å²) >= 11 is 0. The van der Waals surface area contributed by atoms with Gasteiger partial charge in [-0.3, -0.25) is 4.55 Å². The third kappa shape index (κ3) is 19.9. The van der Waals surface area contributed by atoms with Gasteiger partial charge < -0.3 is 4.48 Å². The maximum atomic E-state index is 9.19. The molecule has 0 spiro atoms. The monoisotopic (exact) mass is 366 g/mol. The van der Waals surface area contributed by atoms with Gasteiger partial charge in [-0.15, -0.1) is 0 Å².